The summed E-state index contributed by atoms with van der Waals surface area (Å²) < 4.78 is 19.0. The first-order valence-electron chi connectivity index (χ1n) is 6.66. The molecular weight excluding hydrogens is 271 g/mol. The number of anilines is 2. The molecule has 0 fully saturated rings. The van der Waals surface area contributed by atoms with Gasteiger partial charge in [-0.1, -0.05) is 12.1 Å². The number of methoxy groups -OCH3 is 1. The van der Waals surface area contributed by atoms with Crippen LogP contribution in [0.3, 0.4) is 0 Å². The van der Waals surface area contributed by atoms with Gasteiger partial charge in [-0.15, -0.1) is 0 Å². The van der Waals surface area contributed by atoms with Gasteiger partial charge < -0.3 is 15.4 Å². The Labute approximate surface area is 123 Å². The smallest absolute Gasteiger partial charge is 0.204 e. The molecule has 1 aromatic carbocycles. The van der Waals surface area contributed by atoms with Gasteiger partial charge in [-0.25, -0.2) is 14.4 Å². The van der Waals surface area contributed by atoms with Crippen LogP contribution in [0.15, 0.2) is 24.5 Å². The van der Waals surface area contributed by atoms with Crippen LogP contribution < -0.4 is 15.4 Å². The number of halogens is 1. The third kappa shape index (κ3) is 3.21. The molecule has 0 saturated heterocycles. The molecule has 0 saturated carbocycles. The highest BCUT2D eigenvalue weighted by atomic mass is 19.1. The van der Waals surface area contributed by atoms with Crippen molar-refractivity contribution in [2.75, 3.05) is 24.8 Å². The Hall–Kier alpha value is -2.37. The molecule has 21 heavy (non-hydrogen) atoms. The molecule has 112 valence electrons. The summed E-state index contributed by atoms with van der Waals surface area (Å²) in [6, 6.07) is 5.06. The van der Waals surface area contributed by atoms with E-state index in [0.29, 0.717) is 22.9 Å². The number of hydrogen-bond acceptors (Lipinski definition) is 5. The Morgan fingerprint density at radius 1 is 1.24 bits per heavy atom. The first-order chi connectivity index (χ1) is 10.1. The van der Waals surface area contributed by atoms with E-state index in [1.54, 1.807) is 27.1 Å². The molecule has 0 amide bonds. The van der Waals surface area contributed by atoms with Gasteiger partial charge in [-0.05, 0) is 31.0 Å². The summed E-state index contributed by atoms with van der Waals surface area (Å²) in [5.41, 5.74) is 1.47. The third-order valence-corrected chi connectivity index (χ3v) is 3.29. The second kappa shape index (κ2) is 6.39. The number of ether oxygens (including phenoxy) is 1. The van der Waals surface area contributed by atoms with Crippen LogP contribution in [-0.4, -0.2) is 24.1 Å². The molecule has 2 rings (SSSR count). The van der Waals surface area contributed by atoms with Crippen LogP contribution in [0, 0.1) is 12.7 Å². The van der Waals surface area contributed by atoms with E-state index < -0.39 is 0 Å². The number of rotatable bonds is 5. The van der Waals surface area contributed by atoms with Gasteiger partial charge >= 0.3 is 0 Å². The van der Waals surface area contributed by atoms with E-state index in [4.69, 9.17) is 4.74 Å². The topological polar surface area (TPSA) is 59.1 Å². The van der Waals surface area contributed by atoms with E-state index >= 15 is 0 Å². The van der Waals surface area contributed by atoms with E-state index in [2.05, 4.69) is 20.6 Å². The van der Waals surface area contributed by atoms with Crippen molar-refractivity contribution < 1.29 is 9.13 Å². The average molecular weight is 290 g/mol. The summed E-state index contributed by atoms with van der Waals surface area (Å²) in [5, 5.41) is 6.16. The predicted molar refractivity (Wildman–Crippen MR) is 81.3 cm³/mol. The number of aryl methyl sites for hydroxylation is 1. The monoisotopic (exact) mass is 290 g/mol. The zero-order chi connectivity index (χ0) is 15.4. The SMILES string of the molecule is CNc1ncnc(NC(C)c2ccc(C)c(F)c2)c1OC. The molecular formula is C15H19FN4O. The van der Waals surface area contributed by atoms with Crippen molar-refractivity contribution in [2.24, 2.45) is 0 Å². The third-order valence-electron chi connectivity index (χ3n) is 3.29. The van der Waals surface area contributed by atoms with Crippen LogP contribution in [-0.2, 0) is 0 Å². The molecule has 0 spiro atoms. The molecule has 0 aliphatic heterocycles. The molecule has 1 atom stereocenters. The maximum atomic E-state index is 13.7. The first kappa shape index (κ1) is 15.0. The van der Waals surface area contributed by atoms with Gasteiger partial charge in [0.1, 0.15) is 12.1 Å². The minimum atomic E-state index is -0.216. The van der Waals surface area contributed by atoms with Crippen LogP contribution in [0.1, 0.15) is 24.1 Å². The lowest BCUT2D eigenvalue weighted by atomic mass is 10.1. The van der Waals surface area contributed by atoms with Gasteiger partial charge in [0.2, 0.25) is 5.75 Å². The van der Waals surface area contributed by atoms with Crippen molar-refractivity contribution in [3.63, 3.8) is 0 Å². The maximum Gasteiger partial charge on any atom is 0.204 e. The highest BCUT2D eigenvalue weighted by Crippen LogP contribution is 2.31. The molecule has 0 bridgehead atoms. The second-order valence-corrected chi connectivity index (χ2v) is 4.73. The lowest BCUT2D eigenvalue weighted by Gasteiger charge is -2.18. The number of benzene rings is 1. The highest BCUT2D eigenvalue weighted by Gasteiger charge is 2.14. The van der Waals surface area contributed by atoms with Crippen LogP contribution in [0.5, 0.6) is 5.75 Å². The Kier molecular flexibility index (Phi) is 4.57. The van der Waals surface area contributed by atoms with Crippen molar-refractivity contribution in [2.45, 2.75) is 19.9 Å². The minimum absolute atomic E-state index is 0.117. The summed E-state index contributed by atoms with van der Waals surface area (Å²) >= 11 is 0. The number of aromatic nitrogens is 2. The van der Waals surface area contributed by atoms with Crippen molar-refractivity contribution in [1.29, 1.82) is 0 Å². The van der Waals surface area contributed by atoms with E-state index in [1.165, 1.54) is 12.4 Å². The molecule has 0 aliphatic carbocycles. The Bertz CT molecular complexity index is 633. The van der Waals surface area contributed by atoms with Gasteiger partial charge in [0.15, 0.2) is 11.6 Å². The van der Waals surface area contributed by atoms with Gasteiger partial charge in [-0.3, -0.25) is 0 Å². The minimum Gasteiger partial charge on any atom is -0.490 e. The predicted octanol–water partition coefficient (Wildman–Crippen LogP) is 3.15. The van der Waals surface area contributed by atoms with E-state index in [0.717, 1.165) is 5.56 Å². The van der Waals surface area contributed by atoms with Gasteiger partial charge in [0.05, 0.1) is 13.2 Å². The van der Waals surface area contributed by atoms with Gasteiger partial charge in [-0.2, -0.15) is 0 Å². The van der Waals surface area contributed by atoms with Gasteiger partial charge in [0.25, 0.3) is 0 Å². The largest absolute Gasteiger partial charge is 0.490 e. The standard InChI is InChI=1S/C15H19FN4O/c1-9-5-6-11(7-12(9)16)10(2)20-15-13(21-4)14(17-3)18-8-19-15/h5-8,10H,1-4H3,(H2,17,18,19,20). The average Bonchev–Trinajstić information content (AvgIpc) is 2.49. The molecule has 2 aromatic rings. The van der Waals surface area contributed by atoms with E-state index in [9.17, 15) is 4.39 Å². The van der Waals surface area contributed by atoms with Crippen LogP contribution in [0.4, 0.5) is 16.0 Å². The normalized spacial score (nSPS) is 11.9. The fourth-order valence-electron chi connectivity index (χ4n) is 2.01. The zero-order valence-electron chi connectivity index (χ0n) is 12.6. The first-order valence-corrected chi connectivity index (χ1v) is 6.66. The molecule has 6 heteroatoms. The molecule has 0 radical (unpaired) electrons. The van der Waals surface area contributed by atoms with E-state index in [1.807, 2.05) is 13.0 Å². The molecule has 1 heterocycles. The van der Waals surface area contributed by atoms with Gasteiger partial charge in [0, 0.05) is 7.05 Å². The number of nitrogens with zero attached hydrogens (tertiary/aromatic N) is 2. The summed E-state index contributed by atoms with van der Waals surface area (Å²) in [6.07, 6.45) is 1.44. The summed E-state index contributed by atoms with van der Waals surface area (Å²) in [6.45, 7) is 3.68. The highest BCUT2D eigenvalue weighted by molar-refractivity contribution is 5.63. The zero-order valence-corrected chi connectivity index (χ0v) is 12.6. The fourth-order valence-corrected chi connectivity index (χ4v) is 2.01. The number of hydrogen-bond donors (Lipinski definition) is 2. The Balaban J connectivity index is 2.26. The molecule has 1 aromatic heterocycles. The maximum absolute atomic E-state index is 13.7. The Morgan fingerprint density at radius 2 is 1.95 bits per heavy atom. The van der Waals surface area contributed by atoms with E-state index in [-0.39, 0.29) is 11.9 Å². The summed E-state index contributed by atoms with van der Waals surface area (Å²) in [5.74, 6) is 1.47. The van der Waals surface area contributed by atoms with Crippen molar-refractivity contribution in [3.8, 4) is 5.75 Å². The quantitative estimate of drug-likeness (QED) is 0.886. The Morgan fingerprint density at radius 3 is 2.57 bits per heavy atom. The van der Waals surface area contributed by atoms with Crippen LogP contribution in [0.2, 0.25) is 0 Å². The second-order valence-electron chi connectivity index (χ2n) is 4.73. The van der Waals surface area contributed by atoms with Crippen LogP contribution >= 0.6 is 0 Å². The molecule has 0 aliphatic rings. The lowest BCUT2D eigenvalue weighted by Crippen LogP contribution is -2.11. The van der Waals surface area contributed by atoms with Crippen molar-refractivity contribution in [1.82, 2.24) is 9.97 Å². The molecule has 5 nitrogen and oxygen atoms in total. The molecule has 2 N–H and O–H groups in total. The van der Waals surface area contributed by atoms with Crippen LogP contribution in [0.25, 0.3) is 0 Å². The lowest BCUT2D eigenvalue weighted by molar-refractivity contribution is 0.414. The summed E-state index contributed by atoms with van der Waals surface area (Å²) in [7, 11) is 3.31. The fraction of sp³-hybridized carbons (Fsp3) is 0.333. The van der Waals surface area contributed by atoms with Crippen molar-refractivity contribution in [3.05, 3.63) is 41.5 Å². The molecule has 1 unspecified atom stereocenters. The van der Waals surface area contributed by atoms with Crippen molar-refractivity contribution >= 4 is 11.6 Å². The number of nitrogens with one attached hydrogen (secondary N) is 2. The summed E-state index contributed by atoms with van der Waals surface area (Å²) in [4.78, 5) is 8.27.